The summed E-state index contributed by atoms with van der Waals surface area (Å²) in [5.41, 5.74) is 5.01. The second-order valence-electron chi connectivity index (χ2n) is 3.90. The van der Waals surface area contributed by atoms with E-state index < -0.39 is 0 Å². The zero-order valence-corrected chi connectivity index (χ0v) is 9.89. The first-order valence-corrected chi connectivity index (χ1v) is 5.77. The maximum atomic E-state index is 5.61. The summed E-state index contributed by atoms with van der Waals surface area (Å²) < 4.78 is 5.34. The third-order valence-corrected chi connectivity index (χ3v) is 2.82. The monoisotopic (exact) mass is 231 g/mol. The van der Waals surface area contributed by atoms with Gasteiger partial charge in [-0.2, -0.15) is 0 Å². The van der Waals surface area contributed by atoms with Crippen LogP contribution < -0.4 is 11.3 Å². The van der Waals surface area contributed by atoms with Crippen LogP contribution in [0.4, 0.5) is 0 Å². The molecule has 90 valence electrons. The van der Waals surface area contributed by atoms with Gasteiger partial charge in [-0.1, -0.05) is 13.0 Å². The number of aromatic nitrogens is 1. The lowest BCUT2D eigenvalue weighted by Crippen LogP contribution is -2.31. The summed E-state index contributed by atoms with van der Waals surface area (Å²) in [5, 5.41) is 0. The highest BCUT2D eigenvalue weighted by Gasteiger charge is 2.16. The highest BCUT2D eigenvalue weighted by molar-refractivity contribution is 5.24. The maximum absolute atomic E-state index is 5.61. The van der Waals surface area contributed by atoms with Crippen LogP contribution in [-0.2, 0) is 12.8 Å². The van der Waals surface area contributed by atoms with E-state index in [4.69, 9.17) is 10.3 Å². The van der Waals surface area contributed by atoms with Crippen molar-refractivity contribution in [1.82, 2.24) is 10.4 Å². The number of rotatable bonds is 5. The quantitative estimate of drug-likeness (QED) is 0.610. The van der Waals surface area contributed by atoms with Gasteiger partial charge >= 0.3 is 0 Å². The molecule has 0 aromatic carbocycles. The van der Waals surface area contributed by atoms with E-state index in [-0.39, 0.29) is 6.04 Å². The number of hydrazine groups is 1. The zero-order chi connectivity index (χ0) is 12.1. The molecule has 0 aliphatic carbocycles. The van der Waals surface area contributed by atoms with E-state index in [1.807, 2.05) is 18.2 Å². The second kappa shape index (κ2) is 5.61. The molecule has 0 fully saturated rings. The zero-order valence-electron chi connectivity index (χ0n) is 9.89. The summed E-state index contributed by atoms with van der Waals surface area (Å²) in [6.45, 7) is 2.11. The molecule has 0 spiro atoms. The molecule has 0 amide bonds. The van der Waals surface area contributed by atoms with Gasteiger partial charge < -0.3 is 4.42 Å². The summed E-state index contributed by atoms with van der Waals surface area (Å²) in [7, 11) is 0. The van der Waals surface area contributed by atoms with Crippen molar-refractivity contribution in [2.45, 2.75) is 25.8 Å². The summed E-state index contributed by atoms with van der Waals surface area (Å²) in [6.07, 6.45) is 5.11. The van der Waals surface area contributed by atoms with Crippen LogP contribution in [0.3, 0.4) is 0 Å². The number of pyridine rings is 1. The van der Waals surface area contributed by atoms with Crippen molar-refractivity contribution in [2.75, 3.05) is 0 Å². The molecule has 4 heteroatoms. The third kappa shape index (κ3) is 2.72. The number of nitrogens with two attached hydrogens (primary N) is 1. The Morgan fingerprint density at radius 2 is 2.29 bits per heavy atom. The smallest absolute Gasteiger partial charge is 0.105 e. The first-order valence-electron chi connectivity index (χ1n) is 5.77. The van der Waals surface area contributed by atoms with E-state index >= 15 is 0 Å². The number of furan rings is 1. The summed E-state index contributed by atoms with van der Waals surface area (Å²) in [6, 6.07) is 7.83. The normalized spacial score (nSPS) is 12.6. The molecule has 0 aliphatic heterocycles. The fourth-order valence-corrected chi connectivity index (χ4v) is 1.93. The number of hydrogen-bond donors (Lipinski definition) is 2. The Balaban J connectivity index is 2.22. The average molecular weight is 231 g/mol. The van der Waals surface area contributed by atoms with Gasteiger partial charge in [0.25, 0.3) is 0 Å². The topological polar surface area (TPSA) is 64.1 Å². The van der Waals surface area contributed by atoms with E-state index in [9.17, 15) is 0 Å². The molecule has 0 saturated heterocycles. The van der Waals surface area contributed by atoms with Gasteiger partial charge in [-0.25, -0.2) is 0 Å². The summed E-state index contributed by atoms with van der Waals surface area (Å²) in [4.78, 5) is 4.42. The highest BCUT2D eigenvalue weighted by Crippen LogP contribution is 2.19. The van der Waals surface area contributed by atoms with Crippen molar-refractivity contribution in [3.63, 3.8) is 0 Å². The number of aryl methyl sites for hydroxylation is 1. The molecule has 2 aromatic rings. The molecular weight excluding hydrogens is 214 g/mol. The second-order valence-corrected chi connectivity index (χ2v) is 3.90. The lowest BCUT2D eigenvalue weighted by molar-refractivity contribution is 0.448. The standard InChI is InChI=1S/C13H17N3O/c1-2-10-5-3-7-15-13(10)12(16-14)9-11-6-4-8-17-11/h3-8,12,16H,2,9,14H2,1H3. The Labute approximate surface area is 101 Å². The van der Waals surface area contributed by atoms with Gasteiger partial charge in [0.05, 0.1) is 18.0 Å². The van der Waals surface area contributed by atoms with Crippen LogP contribution in [0.1, 0.15) is 30.0 Å². The molecule has 0 saturated carbocycles. The molecule has 2 aromatic heterocycles. The van der Waals surface area contributed by atoms with Crippen LogP contribution in [0.5, 0.6) is 0 Å². The average Bonchev–Trinajstić information content (AvgIpc) is 2.89. The summed E-state index contributed by atoms with van der Waals surface area (Å²) in [5.74, 6) is 6.52. The van der Waals surface area contributed by atoms with Crippen LogP contribution in [-0.4, -0.2) is 4.98 Å². The molecule has 4 nitrogen and oxygen atoms in total. The molecule has 3 N–H and O–H groups in total. The van der Waals surface area contributed by atoms with E-state index in [1.165, 1.54) is 5.56 Å². The molecule has 1 unspecified atom stereocenters. The molecule has 2 rings (SSSR count). The fraction of sp³-hybridized carbons (Fsp3) is 0.308. The highest BCUT2D eigenvalue weighted by atomic mass is 16.3. The van der Waals surface area contributed by atoms with Gasteiger partial charge in [0.15, 0.2) is 0 Å². The largest absolute Gasteiger partial charge is 0.469 e. The van der Waals surface area contributed by atoms with Crippen LogP contribution in [0, 0.1) is 0 Å². The van der Waals surface area contributed by atoms with Crippen LogP contribution >= 0.6 is 0 Å². The first-order chi connectivity index (χ1) is 8.35. The maximum Gasteiger partial charge on any atom is 0.105 e. The van der Waals surface area contributed by atoms with E-state index in [2.05, 4.69) is 23.4 Å². The van der Waals surface area contributed by atoms with Crippen molar-refractivity contribution in [1.29, 1.82) is 0 Å². The van der Waals surface area contributed by atoms with Crippen molar-refractivity contribution in [3.05, 3.63) is 53.7 Å². The lowest BCUT2D eigenvalue weighted by Gasteiger charge is -2.16. The van der Waals surface area contributed by atoms with E-state index in [1.54, 1.807) is 12.5 Å². The molecule has 2 heterocycles. The van der Waals surface area contributed by atoms with Crippen LogP contribution in [0.2, 0.25) is 0 Å². The minimum Gasteiger partial charge on any atom is -0.469 e. The van der Waals surface area contributed by atoms with Gasteiger partial charge in [-0.3, -0.25) is 16.3 Å². The summed E-state index contributed by atoms with van der Waals surface area (Å²) >= 11 is 0. The van der Waals surface area contributed by atoms with Crippen molar-refractivity contribution in [2.24, 2.45) is 5.84 Å². The van der Waals surface area contributed by atoms with Gasteiger partial charge in [-0.15, -0.1) is 0 Å². The Hall–Kier alpha value is -1.65. The van der Waals surface area contributed by atoms with E-state index in [0.717, 1.165) is 17.9 Å². The van der Waals surface area contributed by atoms with Gasteiger partial charge in [0, 0.05) is 12.6 Å². The Morgan fingerprint density at radius 1 is 1.41 bits per heavy atom. The van der Waals surface area contributed by atoms with Gasteiger partial charge in [0.2, 0.25) is 0 Å². The molecule has 0 radical (unpaired) electrons. The van der Waals surface area contributed by atoms with Crippen molar-refractivity contribution in [3.8, 4) is 0 Å². The van der Waals surface area contributed by atoms with Crippen LogP contribution in [0.25, 0.3) is 0 Å². The third-order valence-electron chi connectivity index (χ3n) is 2.82. The molecule has 17 heavy (non-hydrogen) atoms. The predicted molar refractivity (Wildman–Crippen MR) is 66.1 cm³/mol. The van der Waals surface area contributed by atoms with Crippen molar-refractivity contribution >= 4 is 0 Å². The number of hydrogen-bond acceptors (Lipinski definition) is 4. The predicted octanol–water partition coefficient (Wildman–Crippen LogP) is 1.98. The Bertz CT molecular complexity index is 453. The minimum atomic E-state index is -0.0164. The molecule has 1 atom stereocenters. The Morgan fingerprint density at radius 3 is 2.94 bits per heavy atom. The fourth-order valence-electron chi connectivity index (χ4n) is 1.93. The molecule has 0 bridgehead atoms. The van der Waals surface area contributed by atoms with Gasteiger partial charge in [-0.05, 0) is 30.2 Å². The minimum absolute atomic E-state index is 0.0164. The number of nitrogens with zero attached hydrogens (tertiary/aromatic N) is 1. The van der Waals surface area contributed by atoms with E-state index in [0.29, 0.717) is 6.42 Å². The molecule has 0 aliphatic rings. The van der Waals surface area contributed by atoms with Crippen LogP contribution in [0.15, 0.2) is 41.1 Å². The first kappa shape index (κ1) is 11.8. The SMILES string of the molecule is CCc1cccnc1C(Cc1ccco1)NN. The van der Waals surface area contributed by atoms with Crippen molar-refractivity contribution < 1.29 is 4.42 Å². The van der Waals surface area contributed by atoms with Gasteiger partial charge in [0.1, 0.15) is 5.76 Å². The number of nitrogens with one attached hydrogen (secondary N) is 1. The Kier molecular flexibility index (Phi) is 3.90. The lowest BCUT2D eigenvalue weighted by atomic mass is 10.0. The molecular formula is C13H17N3O.